The minimum atomic E-state index is -0.540. The molecule has 5 nitrogen and oxygen atoms in total. The molecule has 1 aromatic carbocycles. The zero-order valence-corrected chi connectivity index (χ0v) is 17.7. The third-order valence-electron chi connectivity index (χ3n) is 6.11. The number of pyridine rings is 1. The van der Waals surface area contributed by atoms with Crippen molar-refractivity contribution in [1.29, 1.82) is 0 Å². The van der Waals surface area contributed by atoms with Crippen LogP contribution >= 0.6 is 0 Å². The van der Waals surface area contributed by atoms with Crippen molar-refractivity contribution in [1.82, 2.24) is 4.57 Å². The fourth-order valence-electron chi connectivity index (χ4n) is 4.46. The maximum Gasteiger partial charge on any atom is 0.343 e. The highest BCUT2D eigenvalue weighted by molar-refractivity contribution is 5.89. The molecule has 1 aliphatic carbocycles. The van der Waals surface area contributed by atoms with Gasteiger partial charge in [0.25, 0.3) is 0 Å². The van der Waals surface area contributed by atoms with Crippen molar-refractivity contribution in [2.75, 3.05) is 13.2 Å². The monoisotopic (exact) mass is 395 g/mol. The molecule has 5 heteroatoms. The van der Waals surface area contributed by atoms with Crippen LogP contribution in [-0.2, 0) is 16.7 Å². The summed E-state index contributed by atoms with van der Waals surface area (Å²) in [5.74, 6) is 0.844. The molecule has 1 spiro atoms. The van der Waals surface area contributed by atoms with Crippen LogP contribution in [0.2, 0.25) is 0 Å². The quantitative estimate of drug-likeness (QED) is 0.701. The van der Waals surface area contributed by atoms with Crippen LogP contribution in [0.5, 0.6) is 5.75 Å². The first kappa shape index (κ1) is 19.7. The van der Waals surface area contributed by atoms with Crippen molar-refractivity contribution in [2.45, 2.75) is 58.9 Å². The van der Waals surface area contributed by atoms with Gasteiger partial charge in [0, 0.05) is 23.4 Å². The topological polar surface area (TPSA) is 57.5 Å². The molecule has 0 radical (unpaired) electrons. The fourth-order valence-corrected chi connectivity index (χ4v) is 4.46. The molecular weight excluding hydrogens is 366 g/mol. The van der Waals surface area contributed by atoms with Gasteiger partial charge in [-0.2, -0.15) is 0 Å². The lowest BCUT2D eigenvalue weighted by molar-refractivity contribution is 0.0521. The number of aromatic nitrogens is 1. The molecule has 1 fully saturated rings. The van der Waals surface area contributed by atoms with Gasteiger partial charge >= 0.3 is 5.97 Å². The van der Waals surface area contributed by atoms with Gasteiger partial charge in [-0.1, -0.05) is 13.8 Å². The predicted octanol–water partition coefficient (Wildman–Crippen LogP) is 4.47. The van der Waals surface area contributed by atoms with E-state index in [1.54, 1.807) is 19.2 Å². The van der Waals surface area contributed by atoms with E-state index in [4.69, 9.17) is 9.47 Å². The Morgan fingerprint density at radius 3 is 2.62 bits per heavy atom. The number of carbonyl (C=O) groups excluding carboxylic acids is 1. The Kier molecular flexibility index (Phi) is 5.01. The van der Waals surface area contributed by atoms with Gasteiger partial charge in [-0.05, 0) is 68.7 Å². The van der Waals surface area contributed by atoms with E-state index in [1.165, 1.54) is 5.56 Å². The molecule has 0 bridgehead atoms. The number of hydrogen-bond acceptors (Lipinski definition) is 4. The first-order valence-corrected chi connectivity index (χ1v) is 10.6. The second kappa shape index (κ2) is 7.36. The standard InChI is InChI=1S/C24H29NO4/c1-5-28-23(27)19-13-25-20(11-21(19)26)18-9-16(4)22(29-14-15(2)3)10-17(18)12-24(25)7-6-8-24/h9-11,13,15H,5-8,12,14H2,1-4H3. The predicted molar refractivity (Wildman–Crippen MR) is 113 cm³/mol. The summed E-state index contributed by atoms with van der Waals surface area (Å²) in [4.78, 5) is 25.0. The van der Waals surface area contributed by atoms with Crippen molar-refractivity contribution >= 4 is 5.97 Å². The Morgan fingerprint density at radius 2 is 2.00 bits per heavy atom. The van der Waals surface area contributed by atoms with E-state index >= 15 is 0 Å². The van der Waals surface area contributed by atoms with Gasteiger partial charge in [-0.15, -0.1) is 0 Å². The minimum Gasteiger partial charge on any atom is -0.493 e. The lowest BCUT2D eigenvalue weighted by Gasteiger charge is -2.49. The van der Waals surface area contributed by atoms with Gasteiger partial charge in [0.2, 0.25) is 0 Å². The second-order valence-corrected chi connectivity index (χ2v) is 8.76. The van der Waals surface area contributed by atoms with Crippen LogP contribution in [0, 0.1) is 12.8 Å². The van der Waals surface area contributed by atoms with Crippen molar-refractivity contribution < 1.29 is 14.3 Å². The fraction of sp³-hybridized carbons (Fsp3) is 0.500. The third-order valence-corrected chi connectivity index (χ3v) is 6.11. The highest BCUT2D eigenvalue weighted by Crippen LogP contribution is 2.49. The molecule has 1 saturated carbocycles. The van der Waals surface area contributed by atoms with E-state index in [9.17, 15) is 9.59 Å². The summed E-state index contributed by atoms with van der Waals surface area (Å²) >= 11 is 0. The number of benzene rings is 1. The smallest absolute Gasteiger partial charge is 0.343 e. The Labute approximate surface area is 171 Å². The van der Waals surface area contributed by atoms with Gasteiger partial charge in [-0.25, -0.2) is 4.79 Å². The zero-order valence-electron chi connectivity index (χ0n) is 17.7. The molecular formula is C24H29NO4. The van der Waals surface area contributed by atoms with E-state index in [0.717, 1.165) is 48.3 Å². The van der Waals surface area contributed by atoms with Gasteiger partial charge < -0.3 is 14.0 Å². The maximum absolute atomic E-state index is 12.7. The summed E-state index contributed by atoms with van der Waals surface area (Å²) in [6.45, 7) is 9.01. The first-order valence-electron chi connectivity index (χ1n) is 10.6. The van der Waals surface area contributed by atoms with Crippen molar-refractivity contribution in [3.8, 4) is 17.0 Å². The molecule has 1 aromatic heterocycles. The van der Waals surface area contributed by atoms with Gasteiger partial charge in [0.1, 0.15) is 11.3 Å². The lowest BCUT2D eigenvalue weighted by Crippen LogP contribution is -2.46. The van der Waals surface area contributed by atoms with E-state index in [-0.39, 0.29) is 23.1 Å². The summed E-state index contributed by atoms with van der Waals surface area (Å²) < 4.78 is 13.3. The number of nitrogens with zero attached hydrogens (tertiary/aromatic N) is 1. The van der Waals surface area contributed by atoms with E-state index in [2.05, 4.69) is 30.5 Å². The Balaban J connectivity index is 1.84. The minimum absolute atomic E-state index is 0.0676. The Hall–Kier alpha value is -2.56. The van der Waals surface area contributed by atoms with Crippen LogP contribution in [0.1, 0.15) is 61.5 Å². The van der Waals surface area contributed by atoms with Crippen LogP contribution < -0.4 is 10.2 Å². The number of aryl methyl sites for hydroxylation is 1. The number of ether oxygens (including phenoxy) is 2. The molecule has 2 aliphatic rings. The van der Waals surface area contributed by atoms with Gasteiger partial charge in [-0.3, -0.25) is 4.79 Å². The average molecular weight is 395 g/mol. The summed E-state index contributed by atoms with van der Waals surface area (Å²) in [5.41, 5.74) is 4.00. The van der Waals surface area contributed by atoms with Gasteiger partial charge in [0.05, 0.1) is 18.9 Å². The molecule has 0 saturated heterocycles. The van der Waals surface area contributed by atoms with Crippen molar-refractivity contribution in [2.24, 2.45) is 5.92 Å². The Morgan fingerprint density at radius 1 is 1.24 bits per heavy atom. The maximum atomic E-state index is 12.7. The third kappa shape index (κ3) is 3.37. The second-order valence-electron chi connectivity index (χ2n) is 8.76. The molecule has 154 valence electrons. The molecule has 0 amide bonds. The van der Waals surface area contributed by atoms with Crippen LogP contribution in [0.15, 0.2) is 29.2 Å². The first-order chi connectivity index (χ1) is 13.8. The highest BCUT2D eigenvalue weighted by atomic mass is 16.5. The number of hydrogen-bond donors (Lipinski definition) is 0. The summed E-state index contributed by atoms with van der Waals surface area (Å²) in [6.07, 6.45) is 5.86. The SMILES string of the molecule is CCOC(=O)c1cn2c(cc1=O)-c1cc(C)c(OCC(C)C)cc1CC21CCC1. The summed E-state index contributed by atoms with van der Waals surface area (Å²) in [7, 11) is 0. The number of esters is 1. The Bertz CT molecular complexity index is 1010. The van der Waals surface area contributed by atoms with E-state index < -0.39 is 5.97 Å². The number of rotatable bonds is 5. The molecule has 2 aromatic rings. The largest absolute Gasteiger partial charge is 0.493 e. The zero-order chi connectivity index (χ0) is 20.8. The van der Waals surface area contributed by atoms with E-state index in [0.29, 0.717) is 12.5 Å². The lowest BCUT2D eigenvalue weighted by atomic mass is 9.69. The highest BCUT2D eigenvalue weighted by Gasteiger charge is 2.43. The molecule has 0 atom stereocenters. The van der Waals surface area contributed by atoms with Gasteiger partial charge in [0.15, 0.2) is 5.43 Å². The van der Waals surface area contributed by atoms with Crippen molar-refractivity contribution in [3.05, 3.63) is 51.3 Å². The summed E-state index contributed by atoms with van der Waals surface area (Å²) in [5, 5.41) is 0. The van der Waals surface area contributed by atoms with Crippen LogP contribution in [0.4, 0.5) is 0 Å². The van der Waals surface area contributed by atoms with Crippen molar-refractivity contribution in [3.63, 3.8) is 0 Å². The molecule has 0 unspecified atom stereocenters. The molecule has 2 heterocycles. The molecule has 4 rings (SSSR count). The molecule has 29 heavy (non-hydrogen) atoms. The van der Waals surface area contributed by atoms with Crippen LogP contribution in [-0.4, -0.2) is 23.8 Å². The number of fused-ring (bicyclic) bond motifs is 4. The van der Waals surface area contributed by atoms with Crippen LogP contribution in [0.25, 0.3) is 11.3 Å². The molecule has 0 N–H and O–H groups in total. The van der Waals surface area contributed by atoms with Crippen LogP contribution in [0.3, 0.4) is 0 Å². The summed E-state index contributed by atoms with van der Waals surface area (Å²) in [6, 6.07) is 5.88. The van der Waals surface area contributed by atoms with E-state index in [1.807, 2.05) is 6.92 Å². The molecule has 1 aliphatic heterocycles. The number of carbonyl (C=O) groups is 1. The average Bonchev–Trinajstić information content (AvgIpc) is 2.64. The normalized spacial score (nSPS) is 16.2.